The van der Waals surface area contributed by atoms with E-state index in [-0.39, 0.29) is 5.41 Å². The Morgan fingerprint density at radius 3 is 2.31 bits per heavy atom. The fourth-order valence-electron chi connectivity index (χ4n) is 3.58. The highest BCUT2D eigenvalue weighted by atomic mass is 16.1. The van der Waals surface area contributed by atoms with Crippen molar-refractivity contribution in [1.82, 2.24) is 0 Å². The zero-order valence-corrected chi connectivity index (χ0v) is 8.17. The van der Waals surface area contributed by atoms with Gasteiger partial charge in [0.2, 0.25) is 0 Å². The van der Waals surface area contributed by atoms with Crippen LogP contribution in [0.15, 0.2) is 0 Å². The molecule has 2 unspecified atom stereocenters. The molecule has 0 aromatic carbocycles. The quantitative estimate of drug-likeness (QED) is 0.607. The van der Waals surface area contributed by atoms with Crippen LogP contribution in [0.2, 0.25) is 0 Å². The van der Waals surface area contributed by atoms with Crippen LogP contribution < -0.4 is 0 Å². The van der Waals surface area contributed by atoms with Crippen LogP contribution in [-0.2, 0) is 4.79 Å². The van der Waals surface area contributed by atoms with Gasteiger partial charge in [-0.2, -0.15) is 0 Å². The number of rotatable bonds is 3. The number of carbonyl (C=O) groups excluding carboxylic acids is 1. The summed E-state index contributed by atoms with van der Waals surface area (Å²) < 4.78 is 0. The molecule has 3 saturated carbocycles. The summed E-state index contributed by atoms with van der Waals surface area (Å²) in [7, 11) is 0. The summed E-state index contributed by atoms with van der Waals surface area (Å²) in [4.78, 5) is 11.0. The molecule has 0 spiro atoms. The fourth-order valence-corrected chi connectivity index (χ4v) is 3.58. The standard InChI is InChI=1S/C12H18O/c13-8-12(2-1-3-12)7-9-4-10-6-11(10)5-9/h8-11H,1-7H2. The van der Waals surface area contributed by atoms with E-state index in [4.69, 9.17) is 0 Å². The Kier molecular flexibility index (Phi) is 1.59. The van der Waals surface area contributed by atoms with Crippen LogP contribution in [0.3, 0.4) is 0 Å². The Labute approximate surface area is 79.9 Å². The van der Waals surface area contributed by atoms with Gasteiger partial charge in [-0.15, -0.1) is 0 Å². The second kappa shape index (κ2) is 2.59. The van der Waals surface area contributed by atoms with Crippen molar-refractivity contribution in [3.63, 3.8) is 0 Å². The van der Waals surface area contributed by atoms with Crippen LogP contribution in [0, 0.1) is 23.2 Å². The van der Waals surface area contributed by atoms with Gasteiger partial charge in [0.05, 0.1) is 0 Å². The SMILES string of the molecule is O=CC1(CC2CC3CC3C2)CCC1. The number of fused-ring (bicyclic) bond motifs is 1. The van der Waals surface area contributed by atoms with E-state index >= 15 is 0 Å². The van der Waals surface area contributed by atoms with E-state index in [2.05, 4.69) is 0 Å². The van der Waals surface area contributed by atoms with Gasteiger partial charge in [-0.1, -0.05) is 6.42 Å². The van der Waals surface area contributed by atoms with Gasteiger partial charge in [-0.05, 0) is 56.3 Å². The van der Waals surface area contributed by atoms with Crippen molar-refractivity contribution in [2.24, 2.45) is 23.2 Å². The third kappa shape index (κ3) is 1.24. The fraction of sp³-hybridized carbons (Fsp3) is 0.917. The normalized spacial score (nSPS) is 45.1. The van der Waals surface area contributed by atoms with Crippen molar-refractivity contribution in [2.75, 3.05) is 0 Å². The first-order valence-electron chi connectivity index (χ1n) is 5.78. The number of aldehydes is 1. The summed E-state index contributed by atoms with van der Waals surface area (Å²) in [6, 6.07) is 0. The molecule has 3 aliphatic rings. The van der Waals surface area contributed by atoms with E-state index in [1.807, 2.05) is 0 Å². The Morgan fingerprint density at radius 1 is 1.15 bits per heavy atom. The average molecular weight is 178 g/mol. The molecular weight excluding hydrogens is 160 g/mol. The van der Waals surface area contributed by atoms with E-state index in [1.54, 1.807) is 0 Å². The van der Waals surface area contributed by atoms with Crippen molar-refractivity contribution in [3.8, 4) is 0 Å². The number of hydrogen-bond donors (Lipinski definition) is 0. The Balaban J connectivity index is 1.58. The topological polar surface area (TPSA) is 17.1 Å². The smallest absolute Gasteiger partial charge is 0.126 e. The molecule has 13 heavy (non-hydrogen) atoms. The minimum Gasteiger partial charge on any atom is -0.303 e. The minimum absolute atomic E-state index is 0.154. The molecule has 3 aliphatic carbocycles. The molecule has 1 heteroatoms. The van der Waals surface area contributed by atoms with Gasteiger partial charge in [0, 0.05) is 5.41 Å². The molecule has 3 fully saturated rings. The van der Waals surface area contributed by atoms with E-state index in [0.29, 0.717) is 0 Å². The lowest BCUT2D eigenvalue weighted by Crippen LogP contribution is -2.33. The lowest BCUT2D eigenvalue weighted by Gasteiger charge is -2.39. The lowest BCUT2D eigenvalue weighted by atomic mass is 9.65. The summed E-state index contributed by atoms with van der Waals surface area (Å²) in [5, 5.41) is 0. The molecule has 3 rings (SSSR count). The van der Waals surface area contributed by atoms with Gasteiger partial charge in [-0.25, -0.2) is 0 Å². The predicted molar refractivity (Wildman–Crippen MR) is 51.3 cm³/mol. The minimum atomic E-state index is 0.154. The molecular formula is C12H18O. The van der Waals surface area contributed by atoms with Crippen molar-refractivity contribution in [1.29, 1.82) is 0 Å². The van der Waals surface area contributed by atoms with Gasteiger partial charge in [0.15, 0.2) is 0 Å². The molecule has 0 bridgehead atoms. The van der Waals surface area contributed by atoms with Crippen molar-refractivity contribution >= 4 is 6.29 Å². The van der Waals surface area contributed by atoms with Crippen LogP contribution in [0.4, 0.5) is 0 Å². The molecule has 0 saturated heterocycles. The summed E-state index contributed by atoms with van der Waals surface area (Å²) in [6.45, 7) is 0. The predicted octanol–water partition coefficient (Wildman–Crippen LogP) is 2.79. The van der Waals surface area contributed by atoms with Crippen LogP contribution in [0.1, 0.15) is 44.9 Å². The molecule has 0 heterocycles. The number of hydrogen-bond acceptors (Lipinski definition) is 1. The van der Waals surface area contributed by atoms with Crippen molar-refractivity contribution in [2.45, 2.75) is 44.9 Å². The molecule has 0 aromatic heterocycles. The Hall–Kier alpha value is -0.330. The molecule has 0 N–H and O–H groups in total. The van der Waals surface area contributed by atoms with Crippen LogP contribution in [0.25, 0.3) is 0 Å². The average Bonchev–Trinajstić information content (AvgIpc) is 2.67. The molecule has 2 atom stereocenters. The van der Waals surface area contributed by atoms with Gasteiger partial charge in [0.1, 0.15) is 6.29 Å². The first-order valence-corrected chi connectivity index (χ1v) is 5.78. The first-order chi connectivity index (χ1) is 6.31. The second-order valence-electron chi connectivity index (χ2n) is 5.63. The van der Waals surface area contributed by atoms with Gasteiger partial charge in [-0.3, -0.25) is 0 Å². The molecule has 0 aliphatic heterocycles. The monoisotopic (exact) mass is 178 g/mol. The summed E-state index contributed by atoms with van der Waals surface area (Å²) in [5.41, 5.74) is 0.154. The largest absolute Gasteiger partial charge is 0.303 e. The highest BCUT2D eigenvalue weighted by Gasteiger charge is 2.48. The Bertz CT molecular complexity index is 219. The van der Waals surface area contributed by atoms with Gasteiger partial charge < -0.3 is 4.79 Å². The zero-order valence-electron chi connectivity index (χ0n) is 8.17. The third-order valence-electron chi connectivity index (χ3n) is 4.64. The summed E-state index contributed by atoms with van der Waals surface area (Å²) in [5.74, 6) is 3.07. The highest BCUT2D eigenvalue weighted by Crippen LogP contribution is 2.58. The molecule has 0 radical (unpaired) electrons. The highest BCUT2D eigenvalue weighted by molar-refractivity contribution is 5.60. The van der Waals surface area contributed by atoms with Crippen molar-refractivity contribution in [3.05, 3.63) is 0 Å². The van der Waals surface area contributed by atoms with E-state index in [9.17, 15) is 4.79 Å². The van der Waals surface area contributed by atoms with E-state index in [1.165, 1.54) is 51.2 Å². The third-order valence-corrected chi connectivity index (χ3v) is 4.64. The van der Waals surface area contributed by atoms with Gasteiger partial charge >= 0.3 is 0 Å². The molecule has 72 valence electrons. The maximum Gasteiger partial charge on any atom is 0.126 e. The second-order valence-corrected chi connectivity index (χ2v) is 5.63. The van der Waals surface area contributed by atoms with E-state index in [0.717, 1.165) is 17.8 Å². The summed E-state index contributed by atoms with van der Waals surface area (Å²) >= 11 is 0. The maximum absolute atomic E-state index is 11.0. The lowest BCUT2D eigenvalue weighted by molar-refractivity contribution is -0.121. The van der Waals surface area contributed by atoms with Crippen molar-refractivity contribution < 1.29 is 4.79 Å². The van der Waals surface area contributed by atoms with E-state index < -0.39 is 0 Å². The number of carbonyl (C=O) groups is 1. The summed E-state index contributed by atoms with van der Waals surface area (Å²) in [6.07, 6.45) is 10.5. The van der Waals surface area contributed by atoms with Gasteiger partial charge in [0.25, 0.3) is 0 Å². The van der Waals surface area contributed by atoms with Crippen LogP contribution in [0.5, 0.6) is 0 Å². The molecule has 0 aromatic rings. The maximum atomic E-state index is 11.0. The van der Waals surface area contributed by atoms with Crippen LogP contribution in [-0.4, -0.2) is 6.29 Å². The van der Waals surface area contributed by atoms with Crippen LogP contribution >= 0.6 is 0 Å². The Morgan fingerprint density at radius 2 is 1.85 bits per heavy atom. The molecule has 1 nitrogen and oxygen atoms in total. The molecule has 0 amide bonds. The first kappa shape index (κ1) is 8.02. The zero-order chi connectivity index (χ0) is 8.89.